The third-order valence-corrected chi connectivity index (χ3v) is 8.18. The molecule has 0 unspecified atom stereocenters. The zero-order valence-corrected chi connectivity index (χ0v) is 21.5. The number of pyridine rings is 1. The molecule has 194 valence electrons. The Morgan fingerprint density at radius 2 is 1.84 bits per heavy atom. The van der Waals surface area contributed by atoms with Gasteiger partial charge in [0.05, 0.1) is 24.2 Å². The van der Waals surface area contributed by atoms with Gasteiger partial charge in [0.2, 0.25) is 21.5 Å². The van der Waals surface area contributed by atoms with Gasteiger partial charge < -0.3 is 14.3 Å². The van der Waals surface area contributed by atoms with E-state index in [1.807, 2.05) is 17.5 Å². The van der Waals surface area contributed by atoms with E-state index in [1.54, 1.807) is 12.1 Å². The number of amides is 1. The van der Waals surface area contributed by atoms with Crippen molar-refractivity contribution in [1.29, 1.82) is 0 Å². The maximum atomic E-state index is 14.0. The van der Waals surface area contributed by atoms with Crippen LogP contribution in [-0.4, -0.2) is 24.2 Å². The largest absolute Gasteiger partial charge is 0.467 e. The molecule has 1 atom stereocenters. The van der Waals surface area contributed by atoms with Crippen molar-refractivity contribution < 1.29 is 22.0 Å². The number of hydrogen-bond acceptors (Lipinski definition) is 6. The average Bonchev–Trinajstić information content (AvgIpc) is 3.61. The molecule has 2 aromatic carbocycles. The van der Waals surface area contributed by atoms with Crippen LogP contribution in [0.15, 0.2) is 105 Å². The Hall–Kier alpha value is -4.06. The first-order valence-electron chi connectivity index (χ1n) is 11.5. The first-order valence-corrected chi connectivity index (χ1v) is 13.9. The Morgan fingerprint density at radius 1 is 1.03 bits per heavy atom. The second-order valence-corrected chi connectivity index (χ2v) is 11.3. The van der Waals surface area contributed by atoms with Crippen LogP contribution in [0.1, 0.15) is 22.2 Å². The van der Waals surface area contributed by atoms with Crippen LogP contribution in [0.25, 0.3) is 10.9 Å². The number of aromatic nitrogens is 1. The number of rotatable bonds is 9. The number of carbonyl (C=O) groups excluding carboxylic acids is 1. The molecule has 3 aromatic heterocycles. The minimum Gasteiger partial charge on any atom is -0.467 e. The van der Waals surface area contributed by atoms with Crippen LogP contribution in [0.3, 0.4) is 0 Å². The van der Waals surface area contributed by atoms with Crippen molar-refractivity contribution in [2.45, 2.75) is 24.0 Å². The lowest BCUT2D eigenvalue weighted by Crippen LogP contribution is -2.42. The molecule has 0 fully saturated rings. The molecule has 0 radical (unpaired) electrons. The summed E-state index contributed by atoms with van der Waals surface area (Å²) in [6, 6.07) is 18.0. The minimum absolute atomic E-state index is 0.0900. The van der Waals surface area contributed by atoms with Gasteiger partial charge >= 0.3 is 0 Å². The normalized spacial score (nSPS) is 12.4. The number of halogens is 1. The van der Waals surface area contributed by atoms with Gasteiger partial charge in [-0.25, -0.2) is 12.8 Å². The second-order valence-electron chi connectivity index (χ2n) is 8.53. The van der Waals surface area contributed by atoms with E-state index in [0.717, 1.165) is 4.88 Å². The number of H-pyrrole nitrogens is 1. The van der Waals surface area contributed by atoms with Gasteiger partial charge in [-0.05, 0) is 70.9 Å². The average molecular weight is 552 g/mol. The molecule has 1 amide bonds. The van der Waals surface area contributed by atoms with Gasteiger partial charge in [0.1, 0.15) is 17.6 Å². The molecule has 0 bridgehead atoms. The predicted molar refractivity (Wildman–Crippen MR) is 141 cm³/mol. The Bertz CT molecular complexity index is 1680. The van der Waals surface area contributed by atoms with Gasteiger partial charge in [-0.15, -0.1) is 11.3 Å². The monoisotopic (exact) mass is 551 g/mol. The SMILES string of the molecule is O=C([C@@H](NS(=O)(=O)c1ccc2[nH]c(=O)ccc2c1)c1ccc(F)cc1)N(Cc1ccco1)Cc1cccs1. The van der Waals surface area contributed by atoms with Crippen molar-refractivity contribution in [3.8, 4) is 0 Å². The van der Waals surface area contributed by atoms with E-state index in [2.05, 4.69) is 9.71 Å². The van der Waals surface area contributed by atoms with Gasteiger partial charge in [-0.2, -0.15) is 4.72 Å². The number of furan rings is 1. The summed E-state index contributed by atoms with van der Waals surface area (Å²) >= 11 is 1.46. The maximum absolute atomic E-state index is 14.0. The Balaban J connectivity index is 1.52. The van der Waals surface area contributed by atoms with Gasteiger partial charge in [-0.1, -0.05) is 18.2 Å². The molecule has 11 heteroatoms. The topological polar surface area (TPSA) is 112 Å². The highest BCUT2D eigenvalue weighted by Gasteiger charge is 2.32. The third-order valence-electron chi connectivity index (χ3n) is 5.89. The summed E-state index contributed by atoms with van der Waals surface area (Å²) in [6.45, 7) is 0.326. The standard InChI is InChI=1S/C27H22FN3O5S2/c28-20-8-5-18(6-9-20)26(27(33)31(16-21-3-1-13-36-21)17-22-4-2-14-37-22)30-38(34,35)23-10-11-24-19(15-23)7-12-25(32)29-24/h1-15,26,30H,16-17H2,(H,29,32)/t26-/m0/s1. The fourth-order valence-corrected chi connectivity index (χ4v) is 5.95. The highest BCUT2D eigenvalue weighted by atomic mass is 32.2. The third kappa shape index (κ3) is 5.75. The molecule has 0 aliphatic rings. The molecule has 0 aliphatic carbocycles. The molecular weight excluding hydrogens is 529 g/mol. The van der Waals surface area contributed by atoms with E-state index < -0.39 is 27.8 Å². The van der Waals surface area contributed by atoms with E-state index in [9.17, 15) is 22.4 Å². The first-order chi connectivity index (χ1) is 18.3. The summed E-state index contributed by atoms with van der Waals surface area (Å²) in [7, 11) is -4.23. The molecule has 5 aromatic rings. The summed E-state index contributed by atoms with van der Waals surface area (Å²) in [5.74, 6) is -0.522. The zero-order chi connectivity index (χ0) is 26.7. The minimum atomic E-state index is -4.23. The molecule has 3 heterocycles. The number of benzene rings is 2. The van der Waals surface area contributed by atoms with Crippen molar-refractivity contribution in [3.05, 3.63) is 123 Å². The lowest BCUT2D eigenvalue weighted by Gasteiger charge is -2.27. The number of carbonyl (C=O) groups is 1. The molecule has 0 saturated heterocycles. The molecule has 38 heavy (non-hydrogen) atoms. The summed E-state index contributed by atoms with van der Waals surface area (Å²) in [5.41, 5.74) is 0.444. The quantitative estimate of drug-likeness (QED) is 0.279. The molecule has 0 spiro atoms. The number of sulfonamides is 1. The number of thiophene rings is 1. The highest BCUT2D eigenvalue weighted by molar-refractivity contribution is 7.89. The van der Waals surface area contributed by atoms with E-state index in [0.29, 0.717) is 16.7 Å². The van der Waals surface area contributed by atoms with Gasteiger partial charge in [0.15, 0.2) is 0 Å². The number of fused-ring (bicyclic) bond motifs is 1. The smallest absolute Gasteiger partial charge is 0.248 e. The van der Waals surface area contributed by atoms with E-state index >= 15 is 0 Å². The lowest BCUT2D eigenvalue weighted by molar-refractivity contribution is -0.134. The zero-order valence-electron chi connectivity index (χ0n) is 19.8. The fraction of sp³-hybridized carbons (Fsp3) is 0.111. The molecule has 2 N–H and O–H groups in total. The Labute approximate surface area is 221 Å². The highest BCUT2D eigenvalue weighted by Crippen LogP contribution is 2.25. The number of nitrogens with zero attached hydrogens (tertiary/aromatic N) is 1. The fourth-order valence-electron chi connectivity index (χ4n) is 4.01. The Kier molecular flexibility index (Phi) is 7.23. The summed E-state index contributed by atoms with van der Waals surface area (Å²) in [4.78, 5) is 30.5. The van der Waals surface area contributed by atoms with Crippen LogP contribution in [0.2, 0.25) is 0 Å². The maximum Gasteiger partial charge on any atom is 0.248 e. The molecule has 5 rings (SSSR count). The summed E-state index contributed by atoms with van der Waals surface area (Å²) < 4.78 is 48.7. The van der Waals surface area contributed by atoms with Crippen LogP contribution in [0.4, 0.5) is 4.39 Å². The molecule has 8 nitrogen and oxygen atoms in total. The van der Waals surface area contributed by atoms with Gasteiger partial charge in [0, 0.05) is 16.5 Å². The summed E-state index contributed by atoms with van der Waals surface area (Å²) in [5, 5.41) is 2.40. The Morgan fingerprint density at radius 3 is 2.55 bits per heavy atom. The molecule has 0 aliphatic heterocycles. The number of hydrogen-bond donors (Lipinski definition) is 2. The summed E-state index contributed by atoms with van der Waals surface area (Å²) in [6.07, 6.45) is 1.50. The van der Waals surface area contributed by atoms with Crippen molar-refractivity contribution in [1.82, 2.24) is 14.6 Å². The first kappa shape index (κ1) is 25.6. The van der Waals surface area contributed by atoms with Crippen molar-refractivity contribution in [2.75, 3.05) is 0 Å². The van der Waals surface area contributed by atoms with Crippen LogP contribution in [0, 0.1) is 5.82 Å². The van der Waals surface area contributed by atoms with Crippen molar-refractivity contribution in [2.24, 2.45) is 0 Å². The number of aromatic amines is 1. The lowest BCUT2D eigenvalue weighted by atomic mass is 10.1. The van der Waals surface area contributed by atoms with E-state index in [4.69, 9.17) is 4.42 Å². The molecule has 0 saturated carbocycles. The van der Waals surface area contributed by atoms with Crippen LogP contribution in [-0.2, 0) is 27.9 Å². The van der Waals surface area contributed by atoms with E-state index in [-0.39, 0.29) is 29.1 Å². The number of nitrogens with one attached hydrogen (secondary N) is 2. The van der Waals surface area contributed by atoms with E-state index in [1.165, 1.54) is 77.1 Å². The van der Waals surface area contributed by atoms with Crippen molar-refractivity contribution >= 4 is 38.2 Å². The predicted octanol–water partition coefficient (Wildman–Crippen LogP) is 4.57. The van der Waals surface area contributed by atoms with Crippen LogP contribution < -0.4 is 10.3 Å². The van der Waals surface area contributed by atoms with Crippen LogP contribution in [0.5, 0.6) is 0 Å². The van der Waals surface area contributed by atoms with Crippen LogP contribution >= 0.6 is 11.3 Å². The van der Waals surface area contributed by atoms with Crippen molar-refractivity contribution in [3.63, 3.8) is 0 Å². The van der Waals surface area contributed by atoms with Gasteiger partial charge in [0.25, 0.3) is 0 Å². The molecular formula is C27H22FN3O5S2. The van der Waals surface area contributed by atoms with Gasteiger partial charge in [-0.3, -0.25) is 9.59 Å². The second kappa shape index (κ2) is 10.7.